The van der Waals surface area contributed by atoms with Gasteiger partial charge in [-0.2, -0.15) is 5.26 Å². The number of hydrogen-bond donors (Lipinski definition) is 0. The smallest absolute Gasteiger partial charge is 0.147 e. The molecule has 0 N–H and O–H groups in total. The fourth-order valence-electron chi connectivity index (χ4n) is 1.91. The number of aromatic nitrogens is 1. The second kappa shape index (κ2) is 6.53. The first-order valence-corrected chi connectivity index (χ1v) is 7.17. The Morgan fingerprint density at radius 2 is 2.15 bits per heavy atom. The van der Waals surface area contributed by atoms with E-state index in [2.05, 4.69) is 46.9 Å². The number of benzene rings is 1. The molecule has 0 atom stereocenters. The Hall–Kier alpha value is -1.86. The van der Waals surface area contributed by atoms with Crippen LogP contribution >= 0.6 is 15.9 Å². The van der Waals surface area contributed by atoms with Gasteiger partial charge in [0.15, 0.2) is 0 Å². The first-order valence-electron chi connectivity index (χ1n) is 6.38. The van der Waals surface area contributed by atoms with Gasteiger partial charge in [0.2, 0.25) is 0 Å². The maximum Gasteiger partial charge on any atom is 0.147 e. The zero-order valence-electron chi connectivity index (χ0n) is 11.4. The normalized spacial score (nSPS) is 10.3. The highest BCUT2D eigenvalue weighted by molar-refractivity contribution is 9.10. The maximum atomic E-state index is 9.02. The number of pyridine rings is 1. The van der Waals surface area contributed by atoms with E-state index >= 15 is 0 Å². The predicted octanol–water partition coefficient (Wildman–Crippen LogP) is 4.42. The van der Waals surface area contributed by atoms with Gasteiger partial charge < -0.3 is 4.74 Å². The zero-order valence-corrected chi connectivity index (χ0v) is 13.0. The van der Waals surface area contributed by atoms with E-state index in [1.54, 1.807) is 6.20 Å². The molecule has 0 bridgehead atoms. The van der Waals surface area contributed by atoms with Crippen molar-refractivity contribution < 1.29 is 4.74 Å². The second-order valence-corrected chi connectivity index (χ2v) is 5.66. The quantitative estimate of drug-likeness (QED) is 0.833. The topological polar surface area (TPSA) is 45.9 Å². The van der Waals surface area contributed by atoms with Crippen molar-refractivity contribution in [3.05, 3.63) is 57.8 Å². The molecule has 1 aromatic carbocycles. The Balaban J connectivity index is 2.21. The van der Waals surface area contributed by atoms with Crippen molar-refractivity contribution in [2.45, 2.75) is 26.4 Å². The summed E-state index contributed by atoms with van der Waals surface area (Å²) in [5.74, 6) is 1.21. The molecule has 0 amide bonds. The van der Waals surface area contributed by atoms with Gasteiger partial charge >= 0.3 is 0 Å². The molecule has 102 valence electrons. The van der Waals surface area contributed by atoms with Crippen molar-refractivity contribution in [3.8, 4) is 11.8 Å². The van der Waals surface area contributed by atoms with Crippen LogP contribution in [-0.4, -0.2) is 4.98 Å². The lowest BCUT2D eigenvalue weighted by Gasteiger charge is -2.14. The minimum atomic E-state index is 0.345. The molecule has 20 heavy (non-hydrogen) atoms. The first-order chi connectivity index (χ1) is 9.61. The van der Waals surface area contributed by atoms with Crippen LogP contribution in [0.3, 0.4) is 0 Å². The van der Waals surface area contributed by atoms with Crippen LogP contribution in [0, 0.1) is 11.3 Å². The molecule has 0 aliphatic carbocycles. The number of halogens is 1. The fraction of sp³-hybridized carbons (Fsp3) is 0.250. The summed E-state index contributed by atoms with van der Waals surface area (Å²) in [5.41, 5.74) is 2.35. The molecule has 4 heteroatoms. The molecule has 0 saturated carbocycles. The molecule has 0 radical (unpaired) electrons. The zero-order chi connectivity index (χ0) is 14.5. The SMILES string of the molecule is CC(C)c1cc(Br)ccc1OCc1cccnc1C#N. The van der Waals surface area contributed by atoms with Crippen LogP contribution in [0.5, 0.6) is 5.75 Å². The van der Waals surface area contributed by atoms with E-state index < -0.39 is 0 Å². The van der Waals surface area contributed by atoms with Crippen LogP contribution < -0.4 is 4.74 Å². The molecule has 2 rings (SSSR count). The highest BCUT2D eigenvalue weighted by Crippen LogP contribution is 2.30. The summed E-state index contributed by atoms with van der Waals surface area (Å²) in [4.78, 5) is 4.03. The molecular formula is C16H15BrN2O. The van der Waals surface area contributed by atoms with Gasteiger partial charge in [-0.25, -0.2) is 4.98 Å². The molecule has 0 fully saturated rings. The van der Waals surface area contributed by atoms with Gasteiger partial charge in [0, 0.05) is 16.2 Å². The standard InChI is InChI=1S/C16H15BrN2O/c1-11(2)14-8-13(17)5-6-16(14)20-10-12-4-3-7-19-15(12)9-18/h3-8,11H,10H2,1-2H3. The van der Waals surface area contributed by atoms with Crippen molar-refractivity contribution in [2.24, 2.45) is 0 Å². The molecule has 2 aromatic rings. The average Bonchev–Trinajstić information content (AvgIpc) is 2.46. The van der Waals surface area contributed by atoms with E-state index in [1.807, 2.05) is 24.3 Å². The Labute approximate surface area is 127 Å². The Kier molecular flexibility index (Phi) is 4.75. The Bertz CT molecular complexity index is 647. The number of ether oxygens (including phenoxy) is 1. The fourth-order valence-corrected chi connectivity index (χ4v) is 2.29. The predicted molar refractivity (Wildman–Crippen MR) is 81.5 cm³/mol. The lowest BCUT2D eigenvalue weighted by Crippen LogP contribution is -2.02. The summed E-state index contributed by atoms with van der Waals surface area (Å²) in [6.45, 7) is 4.59. The van der Waals surface area contributed by atoms with Gasteiger partial charge in [-0.3, -0.25) is 0 Å². The minimum absolute atomic E-state index is 0.345. The third-order valence-corrected chi connectivity index (χ3v) is 3.47. The van der Waals surface area contributed by atoms with Crippen molar-refractivity contribution in [3.63, 3.8) is 0 Å². The minimum Gasteiger partial charge on any atom is -0.489 e. The molecule has 1 heterocycles. The summed E-state index contributed by atoms with van der Waals surface area (Å²) in [7, 11) is 0. The van der Waals surface area contributed by atoms with Crippen molar-refractivity contribution >= 4 is 15.9 Å². The van der Waals surface area contributed by atoms with E-state index in [9.17, 15) is 0 Å². The molecular weight excluding hydrogens is 316 g/mol. The molecule has 0 aliphatic rings. The molecule has 0 unspecified atom stereocenters. The average molecular weight is 331 g/mol. The Morgan fingerprint density at radius 3 is 2.85 bits per heavy atom. The van der Waals surface area contributed by atoms with Gasteiger partial charge in [0.25, 0.3) is 0 Å². The van der Waals surface area contributed by atoms with Crippen LogP contribution in [-0.2, 0) is 6.61 Å². The van der Waals surface area contributed by atoms with Gasteiger partial charge in [-0.1, -0.05) is 35.8 Å². The largest absolute Gasteiger partial charge is 0.489 e. The summed E-state index contributed by atoms with van der Waals surface area (Å²) >= 11 is 3.47. The van der Waals surface area contributed by atoms with Crippen molar-refractivity contribution in [2.75, 3.05) is 0 Å². The molecule has 0 saturated heterocycles. The Morgan fingerprint density at radius 1 is 1.35 bits per heavy atom. The van der Waals surface area contributed by atoms with Crippen molar-refractivity contribution in [1.82, 2.24) is 4.98 Å². The number of hydrogen-bond acceptors (Lipinski definition) is 3. The molecule has 1 aromatic heterocycles. The summed E-state index contributed by atoms with van der Waals surface area (Å²) in [5, 5.41) is 9.02. The van der Waals surface area contributed by atoms with Crippen LogP contribution in [0.4, 0.5) is 0 Å². The number of nitriles is 1. The van der Waals surface area contributed by atoms with E-state index in [0.717, 1.165) is 21.3 Å². The van der Waals surface area contributed by atoms with E-state index in [1.165, 1.54) is 0 Å². The summed E-state index contributed by atoms with van der Waals surface area (Å²) in [6, 6.07) is 11.7. The van der Waals surface area contributed by atoms with Crippen LogP contribution in [0.1, 0.15) is 36.6 Å². The van der Waals surface area contributed by atoms with Gasteiger partial charge in [0.1, 0.15) is 24.1 Å². The third-order valence-electron chi connectivity index (χ3n) is 2.97. The number of rotatable bonds is 4. The monoisotopic (exact) mass is 330 g/mol. The molecule has 0 aliphatic heterocycles. The lowest BCUT2D eigenvalue weighted by atomic mass is 10.0. The number of nitrogens with zero attached hydrogens (tertiary/aromatic N) is 2. The van der Waals surface area contributed by atoms with Crippen LogP contribution in [0.2, 0.25) is 0 Å². The highest BCUT2D eigenvalue weighted by Gasteiger charge is 2.10. The highest BCUT2D eigenvalue weighted by atomic mass is 79.9. The third kappa shape index (κ3) is 3.37. The van der Waals surface area contributed by atoms with E-state index in [4.69, 9.17) is 10.00 Å². The molecule has 3 nitrogen and oxygen atoms in total. The van der Waals surface area contributed by atoms with Crippen LogP contribution in [0.15, 0.2) is 41.0 Å². The first kappa shape index (κ1) is 14.5. The second-order valence-electron chi connectivity index (χ2n) is 4.75. The van der Waals surface area contributed by atoms with E-state index in [0.29, 0.717) is 18.2 Å². The van der Waals surface area contributed by atoms with E-state index in [-0.39, 0.29) is 0 Å². The lowest BCUT2D eigenvalue weighted by molar-refractivity contribution is 0.301. The van der Waals surface area contributed by atoms with Gasteiger partial charge in [0.05, 0.1) is 0 Å². The van der Waals surface area contributed by atoms with Gasteiger partial charge in [-0.15, -0.1) is 0 Å². The summed E-state index contributed by atoms with van der Waals surface area (Å²) < 4.78 is 6.90. The summed E-state index contributed by atoms with van der Waals surface area (Å²) in [6.07, 6.45) is 1.61. The maximum absolute atomic E-state index is 9.02. The van der Waals surface area contributed by atoms with Gasteiger partial charge in [-0.05, 0) is 35.7 Å². The molecule has 0 spiro atoms. The van der Waals surface area contributed by atoms with Crippen molar-refractivity contribution in [1.29, 1.82) is 5.26 Å². The van der Waals surface area contributed by atoms with Crippen LogP contribution in [0.25, 0.3) is 0 Å².